The van der Waals surface area contributed by atoms with Crippen molar-refractivity contribution in [2.75, 3.05) is 4.90 Å². The van der Waals surface area contributed by atoms with Gasteiger partial charge in [0.1, 0.15) is 10.5 Å². The number of rotatable bonds is 5. The number of aryl methyl sites for hydroxylation is 2. The Morgan fingerprint density at radius 2 is 1.64 bits per heavy atom. The van der Waals surface area contributed by atoms with Crippen LogP contribution in [0.4, 0.5) is 10.5 Å². The number of benzene rings is 3. The van der Waals surface area contributed by atoms with Gasteiger partial charge in [0.25, 0.3) is 11.8 Å². The molecule has 3 aromatic rings. The van der Waals surface area contributed by atoms with Crippen LogP contribution in [-0.2, 0) is 19.7 Å². The van der Waals surface area contributed by atoms with Gasteiger partial charge in [0.05, 0.1) is 10.7 Å². The van der Waals surface area contributed by atoms with Gasteiger partial charge in [-0.15, -0.1) is 0 Å². The highest BCUT2D eigenvalue weighted by Crippen LogP contribution is 2.31. The molecule has 0 atom stereocenters. The molecule has 0 saturated carbocycles. The maximum absolute atomic E-state index is 13.2. The van der Waals surface area contributed by atoms with Crippen LogP contribution in [0.15, 0.2) is 71.1 Å². The first-order chi connectivity index (χ1) is 17.0. The van der Waals surface area contributed by atoms with Crippen molar-refractivity contribution in [2.24, 2.45) is 0 Å². The molecule has 0 bridgehead atoms. The first-order valence-electron chi connectivity index (χ1n) is 10.8. The van der Waals surface area contributed by atoms with Crippen LogP contribution in [-0.4, -0.2) is 26.3 Å². The summed E-state index contributed by atoms with van der Waals surface area (Å²) < 4.78 is 30.3. The SMILES string of the molecule is Cc1ccc(S(=O)(=O)Oc2ccc(/C=C3\C(=O)NC(=O)N(c4cccc(C)c4C)C3=O)cc2Cl)cc1. The Balaban J connectivity index is 1.64. The van der Waals surface area contributed by atoms with Crippen LogP contribution in [0.2, 0.25) is 5.02 Å². The van der Waals surface area contributed by atoms with Gasteiger partial charge in [0.2, 0.25) is 0 Å². The summed E-state index contributed by atoms with van der Waals surface area (Å²) in [4.78, 5) is 39.0. The van der Waals surface area contributed by atoms with Crippen LogP contribution < -0.4 is 14.4 Å². The van der Waals surface area contributed by atoms with E-state index in [1.54, 1.807) is 31.2 Å². The molecule has 1 saturated heterocycles. The molecule has 4 rings (SSSR count). The topological polar surface area (TPSA) is 110 Å². The van der Waals surface area contributed by atoms with Gasteiger partial charge in [0.15, 0.2) is 5.75 Å². The van der Waals surface area contributed by atoms with E-state index in [1.165, 1.54) is 36.4 Å². The van der Waals surface area contributed by atoms with Gasteiger partial charge in [-0.25, -0.2) is 9.69 Å². The number of urea groups is 1. The molecule has 1 heterocycles. The fourth-order valence-electron chi connectivity index (χ4n) is 3.57. The van der Waals surface area contributed by atoms with E-state index in [1.807, 2.05) is 19.9 Å². The zero-order valence-corrected chi connectivity index (χ0v) is 21.1. The van der Waals surface area contributed by atoms with E-state index in [2.05, 4.69) is 5.32 Å². The first kappa shape index (κ1) is 25.2. The monoisotopic (exact) mass is 524 g/mol. The largest absolute Gasteiger partial charge is 0.377 e. The van der Waals surface area contributed by atoms with Crippen molar-refractivity contribution in [1.82, 2.24) is 5.32 Å². The second-order valence-corrected chi connectivity index (χ2v) is 10.2. The van der Waals surface area contributed by atoms with Crippen molar-refractivity contribution in [3.8, 4) is 5.75 Å². The normalized spacial score (nSPS) is 15.3. The number of amides is 4. The molecule has 3 aromatic carbocycles. The number of hydrogen-bond acceptors (Lipinski definition) is 6. The van der Waals surface area contributed by atoms with Crippen LogP contribution in [0, 0.1) is 20.8 Å². The van der Waals surface area contributed by atoms with E-state index in [-0.39, 0.29) is 21.2 Å². The molecule has 0 spiro atoms. The molecule has 0 aromatic heterocycles. The third kappa shape index (κ3) is 4.89. The van der Waals surface area contributed by atoms with Gasteiger partial charge in [-0.1, -0.05) is 47.5 Å². The second-order valence-electron chi connectivity index (χ2n) is 8.22. The zero-order valence-electron chi connectivity index (χ0n) is 19.5. The van der Waals surface area contributed by atoms with Gasteiger partial charge < -0.3 is 4.18 Å². The Hall–Kier alpha value is -3.95. The number of nitrogens with zero attached hydrogens (tertiary/aromatic N) is 1. The first-order valence-corrected chi connectivity index (χ1v) is 12.5. The van der Waals surface area contributed by atoms with E-state index in [0.29, 0.717) is 16.8 Å². The summed E-state index contributed by atoms with van der Waals surface area (Å²) in [5.74, 6) is -1.77. The third-order valence-electron chi connectivity index (χ3n) is 5.69. The van der Waals surface area contributed by atoms with Crippen LogP contribution in [0.1, 0.15) is 22.3 Å². The number of carbonyl (C=O) groups is 3. The maximum Gasteiger partial charge on any atom is 0.339 e. The quantitative estimate of drug-likeness (QED) is 0.294. The number of imide groups is 2. The Bertz CT molecular complexity index is 1550. The molecule has 0 radical (unpaired) electrons. The molecule has 184 valence electrons. The number of carbonyl (C=O) groups excluding carboxylic acids is 3. The van der Waals surface area contributed by atoms with Gasteiger partial charge >= 0.3 is 16.1 Å². The molecule has 0 unspecified atom stereocenters. The fourth-order valence-corrected chi connectivity index (χ4v) is 4.79. The van der Waals surface area contributed by atoms with Crippen molar-refractivity contribution in [1.29, 1.82) is 0 Å². The lowest BCUT2D eigenvalue weighted by Crippen LogP contribution is -2.54. The predicted octanol–water partition coefficient (Wildman–Crippen LogP) is 4.70. The smallest absolute Gasteiger partial charge is 0.339 e. The molecule has 1 fully saturated rings. The molecule has 10 heteroatoms. The van der Waals surface area contributed by atoms with E-state index >= 15 is 0 Å². The highest BCUT2D eigenvalue weighted by Gasteiger charge is 2.37. The fraction of sp³-hybridized carbons (Fsp3) is 0.115. The lowest BCUT2D eigenvalue weighted by atomic mass is 10.0. The minimum Gasteiger partial charge on any atom is -0.377 e. The number of anilines is 1. The van der Waals surface area contributed by atoms with Crippen molar-refractivity contribution >= 4 is 51.3 Å². The third-order valence-corrected chi connectivity index (χ3v) is 7.24. The summed E-state index contributed by atoms with van der Waals surface area (Å²) in [6.07, 6.45) is 1.27. The van der Waals surface area contributed by atoms with Crippen LogP contribution in [0.3, 0.4) is 0 Å². The number of halogens is 1. The highest BCUT2D eigenvalue weighted by atomic mass is 35.5. The van der Waals surface area contributed by atoms with Crippen molar-refractivity contribution in [2.45, 2.75) is 25.7 Å². The minimum atomic E-state index is -4.12. The summed E-state index contributed by atoms with van der Waals surface area (Å²) in [5, 5.41) is 2.13. The predicted molar refractivity (Wildman–Crippen MR) is 135 cm³/mol. The summed E-state index contributed by atoms with van der Waals surface area (Å²) >= 11 is 6.26. The van der Waals surface area contributed by atoms with E-state index < -0.39 is 28.0 Å². The van der Waals surface area contributed by atoms with Gasteiger partial charge in [-0.05, 0) is 73.9 Å². The van der Waals surface area contributed by atoms with Gasteiger partial charge in [-0.3, -0.25) is 14.9 Å². The average Bonchev–Trinajstić information content (AvgIpc) is 2.81. The summed E-state index contributed by atoms with van der Waals surface area (Å²) in [6.45, 7) is 5.45. The lowest BCUT2D eigenvalue weighted by molar-refractivity contribution is -0.122. The Kier molecular flexibility index (Phi) is 6.71. The van der Waals surface area contributed by atoms with Gasteiger partial charge in [0, 0.05) is 0 Å². The van der Waals surface area contributed by atoms with E-state index in [9.17, 15) is 22.8 Å². The lowest BCUT2D eigenvalue weighted by Gasteiger charge is -2.28. The van der Waals surface area contributed by atoms with E-state index in [4.69, 9.17) is 15.8 Å². The average molecular weight is 525 g/mol. The Labute approximate surface area is 213 Å². The van der Waals surface area contributed by atoms with Crippen LogP contribution in [0.25, 0.3) is 6.08 Å². The summed E-state index contributed by atoms with van der Waals surface area (Å²) in [7, 11) is -4.12. The molecule has 8 nitrogen and oxygen atoms in total. The Morgan fingerprint density at radius 3 is 2.31 bits per heavy atom. The Morgan fingerprint density at radius 1 is 0.944 bits per heavy atom. The number of nitrogens with one attached hydrogen (secondary N) is 1. The van der Waals surface area contributed by atoms with Crippen molar-refractivity contribution < 1.29 is 27.0 Å². The zero-order chi connectivity index (χ0) is 26.2. The molecule has 4 amide bonds. The summed E-state index contributed by atoms with van der Waals surface area (Å²) in [5.41, 5.74) is 2.89. The van der Waals surface area contributed by atoms with Crippen molar-refractivity contribution in [3.63, 3.8) is 0 Å². The molecule has 0 aliphatic carbocycles. The number of barbiturate groups is 1. The summed E-state index contributed by atoms with van der Waals surface area (Å²) in [6, 6.07) is 14.6. The van der Waals surface area contributed by atoms with Crippen molar-refractivity contribution in [3.05, 3.63) is 93.5 Å². The minimum absolute atomic E-state index is 0.0314. The highest BCUT2D eigenvalue weighted by molar-refractivity contribution is 7.87. The standard InChI is InChI=1S/C26H21ClN2O6S/c1-15-7-10-19(11-8-15)36(33,34)35-23-12-9-18(14-21(23)27)13-20-24(30)28-26(32)29(25(20)31)22-6-4-5-16(2)17(22)3/h4-14H,1-3H3,(H,28,30,32)/b20-13+. The van der Waals surface area contributed by atoms with Crippen LogP contribution in [0.5, 0.6) is 5.75 Å². The van der Waals surface area contributed by atoms with E-state index in [0.717, 1.165) is 16.0 Å². The molecule has 1 aliphatic heterocycles. The van der Waals surface area contributed by atoms with Crippen LogP contribution >= 0.6 is 11.6 Å². The molecular formula is C26H21ClN2O6S. The van der Waals surface area contributed by atoms with Gasteiger partial charge in [-0.2, -0.15) is 8.42 Å². The second kappa shape index (κ2) is 9.60. The molecular weight excluding hydrogens is 504 g/mol. The number of hydrogen-bond donors (Lipinski definition) is 1. The molecule has 1 N–H and O–H groups in total. The molecule has 1 aliphatic rings. The molecule has 36 heavy (non-hydrogen) atoms. The maximum atomic E-state index is 13.2.